The first-order valence-corrected chi connectivity index (χ1v) is 7.42. The first kappa shape index (κ1) is 15.1. The van der Waals surface area contributed by atoms with Gasteiger partial charge in [-0.25, -0.2) is 9.52 Å². The fraction of sp³-hybridized carbons (Fsp3) is 0.222. The van der Waals surface area contributed by atoms with Crippen LogP contribution in [0.5, 0.6) is 0 Å². The second-order valence-electron chi connectivity index (χ2n) is 3.05. The summed E-state index contributed by atoms with van der Waals surface area (Å²) in [4.78, 5) is 11.0. The zero-order valence-electron chi connectivity index (χ0n) is 9.24. The second kappa shape index (κ2) is 6.26. The van der Waals surface area contributed by atoms with Crippen molar-refractivity contribution in [2.24, 2.45) is 0 Å². The van der Waals surface area contributed by atoms with E-state index in [1.165, 1.54) is 6.07 Å². The molecule has 1 amide bonds. The molecule has 9 heteroatoms. The van der Waals surface area contributed by atoms with Gasteiger partial charge in [-0.2, -0.15) is 8.42 Å². The molecule has 0 aliphatic carbocycles. The van der Waals surface area contributed by atoms with E-state index in [1.54, 1.807) is 23.8 Å². The van der Waals surface area contributed by atoms with Gasteiger partial charge >= 0.3 is 16.3 Å². The van der Waals surface area contributed by atoms with Gasteiger partial charge in [0.2, 0.25) is 0 Å². The normalized spacial score (nSPS) is 10.8. The molecule has 0 radical (unpaired) electrons. The van der Waals surface area contributed by atoms with E-state index < -0.39 is 16.3 Å². The number of rotatable bonds is 4. The molecule has 100 valence electrons. The minimum absolute atomic E-state index is 0.0716. The number of anilines is 1. The molecule has 0 aliphatic heterocycles. The Morgan fingerprint density at radius 3 is 2.78 bits per heavy atom. The average Bonchev–Trinajstić information content (AvgIpc) is 2.22. The molecular formula is C9H10BrClN2O4S. The highest BCUT2D eigenvalue weighted by Crippen LogP contribution is 2.26. The minimum atomic E-state index is -4.06. The van der Waals surface area contributed by atoms with Gasteiger partial charge in [0.1, 0.15) is 0 Å². The highest BCUT2D eigenvalue weighted by molar-refractivity contribution is 9.10. The molecule has 0 aliphatic rings. The summed E-state index contributed by atoms with van der Waals surface area (Å²) < 4.78 is 31.9. The van der Waals surface area contributed by atoms with Gasteiger partial charge in [-0.1, -0.05) is 11.6 Å². The van der Waals surface area contributed by atoms with Crippen LogP contribution in [0.25, 0.3) is 0 Å². The van der Waals surface area contributed by atoms with Crippen LogP contribution in [0.1, 0.15) is 6.92 Å². The van der Waals surface area contributed by atoms with E-state index in [1.807, 2.05) is 0 Å². The maximum atomic E-state index is 11.6. The number of hydrogen-bond donors (Lipinski definition) is 2. The van der Waals surface area contributed by atoms with Crippen LogP contribution < -0.4 is 9.44 Å². The van der Waals surface area contributed by atoms with Gasteiger partial charge in [-0.3, -0.25) is 4.72 Å². The standard InChI is InChI=1S/C9H10BrClN2O4S/c1-2-17-9(14)13-18(15,16)12-8-5-6(11)3-4-7(8)10/h3-5,12H,2H2,1H3,(H,13,14). The summed E-state index contributed by atoms with van der Waals surface area (Å²) in [6.07, 6.45) is -1.05. The molecule has 0 saturated heterocycles. The molecular weight excluding hydrogens is 348 g/mol. The fourth-order valence-electron chi connectivity index (χ4n) is 1.02. The zero-order valence-corrected chi connectivity index (χ0v) is 12.4. The van der Waals surface area contributed by atoms with Crippen LogP contribution in [0.3, 0.4) is 0 Å². The third kappa shape index (κ3) is 4.71. The van der Waals surface area contributed by atoms with Crippen LogP contribution in [-0.2, 0) is 14.9 Å². The van der Waals surface area contributed by atoms with Crippen molar-refractivity contribution in [1.29, 1.82) is 0 Å². The Morgan fingerprint density at radius 1 is 1.50 bits per heavy atom. The predicted molar refractivity (Wildman–Crippen MR) is 71.9 cm³/mol. The third-order valence-corrected chi connectivity index (χ3v) is 3.52. The summed E-state index contributed by atoms with van der Waals surface area (Å²) in [5.41, 5.74) is 0.208. The van der Waals surface area contributed by atoms with Crippen LogP contribution in [0.15, 0.2) is 22.7 Å². The molecule has 1 aromatic carbocycles. The van der Waals surface area contributed by atoms with Crippen molar-refractivity contribution in [2.75, 3.05) is 11.3 Å². The average molecular weight is 358 g/mol. The molecule has 0 spiro atoms. The van der Waals surface area contributed by atoms with E-state index >= 15 is 0 Å². The van der Waals surface area contributed by atoms with Crippen LogP contribution in [-0.4, -0.2) is 21.1 Å². The lowest BCUT2D eigenvalue weighted by molar-refractivity contribution is 0.159. The van der Waals surface area contributed by atoms with Crippen molar-refractivity contribution in [2.45, 2.75) is 6.92 Å². The first-order chi connectivity index (χ1) is 8.34. The maximum absolute atomic E-state index is 11.6. The van der Waals surface area contributed by atoms with Crippen LogP contribution in [0.4, 0.5) is 10.5 Å². The largest absolute Gasteiger partial charge is 0.449 e. The summed E-state index contributed by atoms with van der Waals surface area (Å²) in [5.74, 6) is 0. The quantitative estimate of drug-likeness (QED) is 0.867. The predicted octanol–water partition coefficient (Wildman–Crippen LogP) is 2.51. The first-order valence-electron chi connectivity index (χ1n) is 4.76. The van der Waals surface area contributed by atoms with E-state index in [4.69, 9.17) is 11.6 Å². The molecule has 0 heterocycles. The molecule has 1 rings (SSSR count). The van der Waals surface area contributed by atoms with Gasteiger partial charge in [-0.15, -0.1) is 0 Å². The van der Waals surface area contributed by atoms with Gasteiger partial charge in [0.05, 0.1) is 12.3 Å². The number of carbonyl (C=O) groups is 1. The van der Waals surface area contributed by atoms with Gasteiger partial charge < -0.3 is 4.74 Å². The molecule has 1 aromatic rings. The number of benzene rings is 1. The Bertz CT molecular complexity index is 549. The van der Waals surface area contributed by atoms with Crippen LogP contribution in [0, 0.1) is 0 Å². The SMILES string of the molecule is CCOC(=O)NS(=O)(=O)Nc1cc(Cl)ccc1Br. The smallest absolute Gasteiger partial charge is 0.422 e. The number of nitrogens with one attached hydrogen (secondary N) is 2. The molecule has 0 saturated carbocycles. The molecule has 0 aromatic heterocycles. The van der Waals surface area contributed by atoms with Gasteiger partial charge in [0.25, 0.3) is 0 Å². The van der Waals surface area contributed by atoms with Crippen molar-refractivity contribution in [3.05, 3.63) is 27.7 Å². The number of ether oxygens (including phenoxy) is 1. The summed E-state index contributed by atoms with van der Waals surface area (Å²) in [5, 5.41) is 0.354. The van der Waals surface area contributed by atoms with Gasteiger partial charge in [-0.05, 0) is 41.1 Å². The third-order valence-electron chi connectivity index (χ3n) is 1.67. The summed E-state index contributed by atoms with van der Waals surface area (Å²) in [6, 6.07) is 4.56. The Kier molecular flexibility index (Phi) is 5.24. The molecule has 0 bridgehead atoms. The highest BCUT2D eigenvalue weighted by Gasteiger charge is 2.16. The van der Waals surface area contributed by atoms with Gasteiger partial charge in [0, 0.05) is 9.50 Å². The van der Waals surface area contributed by atoms with E-state index in [2.05, 4.69) is 25.4 Å². The molecule has 6 nitrogen and oxygen atoms in total. The number of amides is 1. The van der Waals surface area contributed by atoms with Crippen LogP contribution in [0.2, 0.25) is 5.02 Å². The minimum Gasteiger partial charge on any atom is -0.449 e. The van der Waals surface area contributed by atoms with E-state index in [0.717, 1.165) is 0 Å². The van der Waals surface area contributed by atoms with Crippen molar-refractivity contribution >= 4 is 49.5 Å². The van der Waals surface area contributed by atoms with Crippen molar-refractivity contribution in [3.63, 3.8) is 0 Å². The lowest BCUT2D eigenvalue weighted by Gasteiger charge is -2.10. The Labute approximate surface area is 118 Å². The Hall–Kier alpha value is -0.990. The summed E-state index contributed by atoms with van der Waals surface area (Å²) in [7, 11) is -4.06. The topological polar surface area (TPSA) is 84.5 Å². The Morgan fingerprint density at radius 2 is 2.17 bits per heavy atom. The summed E-state index contributed by atoms with van der Waals surface area (Å²) in [6.45, 7) is 1.63. The van der Waals surface area contributed by atoms with Crippen LogP contribution >= 0.6 is 27.5 Å². The lowest BCUT2D eigenvalue weighted by Crippen LogP contribution is -2.35. The number of halogens is 2. The second-order valence-corrected chi connectivity index (χ2v) is 5.76. The molecule has 18 heavy (non-hydrogen) atoms. The monoisotopic (exact) mass is 356 g/mol. The van der Waals surface area contributed by atoms with E-state index in [0.29, 0.717) is 9.50 Å². The summed E-state index contributed by atoms with van der Waals surface area (Å²) >= 11 is 8.88. The molecule has 0 atom stereocenters. The fourth-order valence-corrected chi connectivity index (χ4v) is 2.45. The van der Waals surface area contributed by atoms with Gasteiger partial charge in [0.15, 0.2) is 0 Å². The lowest BCUT2D eigenvalue weighted by atomic mass is 10.3. The van der Waals surface area contributed by atoms with E-state index in [9.17, 15) is 13.2 Å². The molecule has 0 fully saturated rings. The Balaban J connectivity index is 2.82. The molecule has 0 unspecified atom stereocenters. The highest BCUT2D eigenvalue weighted by atomic mass is 79.9. The van der Waals surface area contributed by atoms with E-state index in [-0.39, 0.29) is 12.3 Å². The maximum Gasteiger partial charge on any atom is 0.422 e. The zero-order chi connectivity index (χ0) is 13.8. The van der Waals surface area contributed by atoms with Crippen molar-refractivity contribution < 1.29 is 17.9 Å². The molecule has 2 N–H and O–H groups in total. The van der Waals surface area contributed by atoms with Crippen molar-refractivity contribution in [1.82, 2.24) is 4.72 Å². The number of carbonyl (C=O) groups excluding carboxylic acids is 1. The van der Waals surface area contributed by atoms with Crippen molar-refractivity contribution in [3.8, 4) is 0 Å². The number of hydrogen-bond acceptors (Lipinski definition) is 4.